The van der Waals surface area contributed by atoms with Gasteiger partial charge in [-0.3, -0.25) is 0 Å². The third-order valence-corrected chi connectivity index (χ3v) is 3.41. The Morgan fingerprint density at radius 1 is 1.17 bits per heavy atom. The summed E-state index contributed by atoms with van der Waals surface area (Å²) in [5.41, 5.74) is 3.34. The van der Waals surface area contributed by atoms with Crippen LogP contribution in [-0.2, 0) is 6.54 Å². The van der Waals surface area contributed by atoms with E-state index in [1.54, 1.807) is 13.2 Å². The first-order valence-electron chi connectivity index (χ1n) is 5.97. The van der Waals surface area contributed by atoms with Crippen molar-refractivity contribution < 1.29 is 9.84 Å². The van der Waals surface area contributed by atoms with Crippen LogP contribution in [0.1, 0.15) is 22.7 Å². The van der Waals surface area contributed by atoms with E-state index >= 15 is 0 Å². The first-order chi connectivity index (χ1) is 8.79. The predicted octanol–water partition coefficient (Wildman–Crippen LogP) is 2.59. The van der Waals surface area contributed by atoms with Gasteiger partial charge < -0.3 is 15.2 Å². The van der Waals surface area contributed by atoms with Gasteiger partial charge in [0.25, 0.3) is 0 Å². The summed E-state index contributed by atoms with van der Waals surface area (Å²) >= 11 is 0. The van der Waals surface area contributed by atoms with Gasteiger partial charge in [-0.2, -0.15) is 0 Å². The fourth-order valence-corrected chi connectivity index (χ4v) is 2.46. The van der Waals surface area contributed by atoms with Crippen LogP contribution in [0.5, 0.6) is 11.5 Å². The second-order valence-corrected chi connectivity index (χ2v) is 4.44. The Labute approximate surface area is 106 Å². The normalized spacial score (nSPS) is 17.5. The molecule has 0 saturated carbocycles. The molecule has 0 spiro atoms. The molecule has 92 valence electrons. The van der Waals surface area contributed by atoms with Crippen LogP contribution in [0.4, 0.5) is 0 Å². The van der Waals surface area contributed by atoms with Crippen molar-refractivity contribution in [1.29, 1.82) is 0 Å². The number of phenolic OH excluding ortho intramolecular Hbond substituents is 1. The molecule has 3 nitrogen and oxygen atoms in total. The number of hydrogen-bond acceptors (Lipinski definition) is 3. The van der Waals surface area contributed by atoms with Crippen molar-refractivity contribution in [1.82, 2.24) is 5.32 Å². The highest BCUT2D eigenvalue weighted by Crippen LogP contribution is 2.36. The Bertz CT molecular complexity index is 580. The average molecular weight is 241 g/mol. The minimum absolute atomic E-state index is 0.0382. The van der Waals surface area contributed by atoms with Gasteiger partial charge in [-0.05, 0) is 29.3 Å². The monoisotopic (exact) mass is 241 g/mol. The van der Waals surface area contributed by atoms with Gasteiger partial charge in [-0.15, -0.1) is 0 Å². The number of ether oxygens (including phenoxy) is 1. The molecule has 0 aliphatic carbocycles. The molecule has 0 bridgehead atoms. The molecule has 0 amide bonds. The summed E-state index contributed by atoms with van der Waals surface area (Å²) in [6.07, 6.45) is 0. The van der Waals surface area contributed by atoms with Gasteiger partial charge in [0.15, 0.2) is 0 Å². The molecule has 3 heteroatoms. The molecule has 2 aromatic rings. The average Bonchev–Trinajstić information content (AvgIpc) is 2.82. The second kappa shape index (κ2) is 4.35. The van der Waals surface area contributed by atoms with Crippen molar-refractivity contribution in [2.75, 3.05) is 7.11 Å². The van der Waals surface area contributed by atoms with Crippen molar-refractivity contribution in [3.05, 3.63) is 59.2 Å². The molecule has 1 atom stereocenters. The van der Waals surface area contributed by atoms with Crippen molar-refractivity contribution in [2.45, 2.75) is 12.6 Å². The smallest absolute Gasteiger partial charge is 0.120 e. The summed E-state index contributed by atoms with van der Waals surface area (Å²) in [7, 11) is 1.67. The fourth-order valence-electron chi connectivity index (χ4n) is 2.46. The van der Waals surface area contributed by atoms with Crippen LogP contribution in [0.15, 0.2) is 42.5 Å². The van der Waals surface area contributed by atoms with Crippen LogP contribution in [0.2, 0.25) is 0 Å². The first-order valence-corrected chi connectivity index (χ1v) is 5.97. The number of phenols is 1. The molecule has 0 saturated heterocycles. The molecule has 1 aliphatic heterocycles. The number of fused-ring (bicyclic) bond motifs is 1. The van der Waals surface area contributed by atoms with E-state index < -0.39 is 0 Å². The van der Waals surface area contributed by atoms with Gasteiger partial charge in [0.05, 0.1) is 13.2 Å². The molecule has 1 aliphatic rings. The lowest BCUT2D eigenvalue weighted by atomic mass is 9.97. The van der Waals surface area contributed by atoms with E-state index in [0.29, 0.717) is 5.75 Å². The van der Waals surface area contributed by atoms with E-state index in [1.807, 2.05) is 30.3 Å². The van der Waals surface area contributed by atoms with Crippen molar-refractivity contribution in [3.8, 4) is 11.5 Å². The third kappa shape index (κ3) is 1.73. The molecule has 1 heterocycles. The van der Waals surface area contributed by atoms with Gasteiger partial charge in [-0.25, -0.2) is 0 Å². The highest BCUT2D eigenvalue weighted by Gasteiger charge is 2.25. The van der Waals surface area contributed by atoms with E-state index in [1.165, 1.54) is 11.1 Å². The maximum atomic E-state index is 9.95. The first kappa shape index (κ1) is 11.1. The standard InChI is InChI=1S/C15H15NO2/c1-18-11-7-6-10-9-16-15(13(10)8-11)12-4-2-3-5-14(12)17/h2-8,15-17H,9H2,1H3. The van der Waals surface area contributed by atoms with Gasteiger partial charge in [0.1, 0.15) is 11.5 Å². The lowest BCUT2D eigenvalue weighted by Crippen LogP contribution is -2.13. The molecule has 2 aromatic carbocycles. The predicted molar refractivity (Wildman–Crippen MR) is 69.8 cm³/mol. The molecular weight excluding hydrogens is 226 g/mol. The van der Waals surface area contributed by atoms with Gasteiger partial charge in [0.2, 0.25) is 0 Å². The lowest BCUT2D eigenvalue weighted by molar-refractivity contribution is 0.414. The van der Waals surface area contributed by atoms with Crippen LogP contribution >= 0.6 is 0 Å². The van der Waals surface area contributed by atoms with E-state index in [0.717, 1.165) is 17.9 Å². The minimum atomic E-state index is 0.0382. The Kier molecular flexibility index (Phi) is 2.68. The Morgan fingerprint density at radius 2 is 2.00 bits per heavy atom. The second-order valence-electron chi connectivity index (χ2n) is 4.44. The summed E-state index contributed by atoms with van der Waals surface area (Å²) < 4.78 is 5.26. The van der Waals surface area contributed by atoms with E-state index in [2.05, 4.69) is 11.4 Å². The molecule has 0 aromatic heterocycles. The fraction of sp³-hybridized carbons (Fsp3) is 0.200. The highest BCUT2D eigenvalue weighted by molar-refractivity contribution is 5.48. The van der Waals surface area contributed by atoms with Crippen molar-refractivity contribution in [3.63, 3.8) is 0 Å². The van der Waals surface area contributed by atoms with E-state index in [9.17, 15) is 5.11 Å². The third-order valence-electron chi connectivity index (χ3n) is 3.41. The maximum absolute atomic E-state index is 9.95. The van der Waals surface area contributed by atoms with Crippen LogP contribution in [0.3, 0.4) is 0 Å². The van der Waals surface area contributed by atoms with Crippen LogP contribution < -0.4 is 10.1 Å². The Balaban J connectivity index is 2.06. The summed E-state index contributed by atoms with van der Waals surface area (Å²) in [5, 5.41) is 13.4. The maximum Gasteiger partial charge on any atom is 0.120 e. The van der Waals surface area contributed by atoms with Crippen LogP contribution in [-0.4, -0.2) is 12.2 Å². The van der Waals surface area contributed by atoms with Gasteiger partial charge in [0, 0.05) is 12.1 Å². The highest BCUT2D eigenvalue weighted by atomic mass is 16.5. The number of methoxy groups -OCH3 is 1. The minimum Gasteiger partial charge on any atom is -0.508 e. The van der Waals surface area contributed by atoms with Crippen molar-refractivity contribution in [2.24, 2.45) is 0 Å². The quantitative estimate of drug-likeness (QED) is 0.849. The van der Waals surface area contributed by atoms with Gasteiger partial charge >= 0.3 is 0 Å². The number of aromatic hydroxyl groups is 1. The Morgan fingerprint density at radius 3 is 2.78 bits per heavy atom. The zero-order valence-electron chi connectivity index (χ0n) is 10.2. The number of hydrogen-bond donors (Lipinski definition) is 2. The van der Waals surface area contributed by atoms with Crippen LogP contribution in [0.25, 0.3) is 0 Å². The number of nitrogens with one attached hydrogen (secondary N) is 1. The molecule has 0 fully saturated rings. The van der Waals surface area contributed by atoms with Gasteiger partial charge in [-0.1, -0.05) is 24.3 Å². The summed E-state index contributed by atoms with van der Waals surface area (Å²) in [4.78, 5) is 0. The zero-order valence-corrected chi connectivity index (χ0v) is 10.2. The molecule has 0 radical (unpaired) electrons. The summed E-state index contributed by atoms with van der Waals surface area (Å²) in [6, 6.07) is 13.5. The molecule has 2 N–H and O–H groups in total. The summed E-state index contributed by atoms with van der Waals surface area (Å²) in [5.74, 6) is 1.17. The largest absolute Gasteiger partial charge is 0.508 e. The molecular formula is C15H15NO2. The van der Waals surface area contributed by atoms with Crippen LogP contribution in [0, 0.1) is 0 Å². The van der Waals surface area contributed by atoms with E-state index in [4.69, 9.17) is 4.74 Å². The van der Waals surface area contributed by atoms with E-state index in [-0.39, 0.29) is 6.04 Å². The number of para-hydroxylation sites is 1. The topological polar surface area (TPSA) is 41.5 Å². The lowest BCUT2D eigenvalue weighted by Gasteiger charge is -2.14. The summed E-state index contributed by atoms with van der Waals surface area (Å²) in [6.45, 7) is 0.818. The zero-order chi connectivity index (χ0) is 12.5. The number of benzene rings is 2. The SMILES string of the molecule is COc1ccc2c(c1)C(c1ccccc1O)NC2. The number of rotatable bonds is 2. The Hall–Kier alpha value is -2.00. The molecule has 3 rings (SSSR count). The molecule has 18 heavy (non-hydrogen) atoms. The van der Waals surface area contributed by atoms with Crippen molar-refractivity contribution >= 4 is 0 Å². The molecule has 1 unspecified atom stereocenters.